The number of hydrogen-bond donors (Lipinski definition) is 0. The minimum Gasteiger partial charge on any atom is -0.496 e. The molecule has 0 radical (unpaired) electrons. The minimum absolute atomic E-state index is 0.0790. The van der Waals surface area contributed by atoms with Crippen LogP contribution in [0.5, 0.6) is 17.2 Å². The Labute approximate surface area is 208 Å². The first-order valence-electron chi connectivity index (χ1n) is 11.4. The van der Waals surface area contributed by atoms with E-state index in [4.69, 9.17) is 18.9 Å². The van der Waals surface area contributed by atoms with Crippen LogP contribution in [0, 0.1) is 0 Å². The quantitative estimate of drug-likeness (QED) is 0.504. The van der Waals surface area contributed by atoms with Gasteiger partial charge in [0.2, 0.25) is 0 Å². The third kappa shape index (κ3) is 5.07. The second-order valence-electron chi connectivity index (χ2n) is 9.34. The van der Waals surface area contributed by atoms with Crippen molar-refractivity contribution in [3.63, 3.8) is 0 Å². The van der Waals surface area contributed by atoms with E-state index in [1.54, 1.807) is 49.3 Å². The van der Waals surface area contributed by atoms with Gasteiger partial charge in [-0.1, -0.05) is 0 Å². The normalized spacial score (nSPS) is 13.5. The number of methoxy groups -OCH3 is 3. The zero-order valence-corrected chi connectivity index (χ0v) is 21.8. The monoisotopic (exact) mass is 501 g/mol. The summed E-state index contributed by atoms with van der Waals surface area (Å²) in [5.74, 6) is 1.91. The molecule has 0 atom stereocenters. The van der Waals surface area contributed by atoms with Gasteiger partial charge in [0.1, 0.15) is 27.7 Å². The molecular formula is C25H31N3O6S. The number of amides is 1. The Kier molecular flexibility index (Phi) is 6.93. The molecule has 0 fully saturated rings. The third-order valence-corrected chi connectivity index (χ3v) is 7.02. The first-order valence-corrected chi connectivity index (χ1v) is 12.2. The highest BCUT2D eigenvalue weighted by atomic mass is 32.1. The largest absolute Gasteiger partial charge is 0.496 e. The van der Waals surface area contributed by atoms with Crippen LogP contribution in [0.15, 0.2) is 23.3 Å². The molecule has 0 N–H and O–H groups in total. The predicted molar refractivity (Wildman–Crippen MR) is 134 cm³/mol. The fourth-order valence-corrected chi connectivity index (χ4v) is 5.41. The van der Waals surface area contributed by atoms with Gasteiger partial charge in [-0.2, -0.15) is 0 Å². The number of benzene rings is 1. The van der Waals surface area contributed by atoms with E-state index >= 15 is 0 Å². The van der Waals surface area contributed by atoms with Gasteiger partial charge < -0.3 is 23.8 Å². The third-order valence-electron chi connectivity index (χ3n) is 5.90. The van der Waals surface area contributed by atoms with Crippen molar-refractivity contribution < 1.29 is 23.7 Å². The first kappa shape index (κ1) is 24.8. The van der Waals surface area contributed by atoms with Crippen molar-refractivity contribution >= 4 is 27.6 Å². The molecule has 1 amide bonds. The molecule has 1 aromatic carbocycles. The predicted octanol–water partition coefficient (Wildman–Crippen LogP) is 4.02. The molecule has 2 aromatic heterocycles. The molecule has 3 aromatic rings. The molecule has 9 nitrogen and oxygen atoms in total. The van der Waals surface area contributed by atoms with Crippen LogP contribution >= 0.6 is 11.3 Å². The molecule has 35 heavy (non-hydrogen) atoms. The van der Waals surface area contributed by atoms with Gasteiger partial charge in [-0.3, -0.25) is 9.36 Å². The number of aryl methyl sites for hydroxylation is 1. The summed E-state index contributed by atoms with van der Waals surface area (Å²) < 4.78 is 23.5. The Bertz CT molecular complexity index is 1280. The maximum Gasteiger partial charge on any atom is 0.410 e. The molecule has 0 aliphatic carbocycles. The van der Waals surface area contributed by atoms with Crippen molar-refractivity contribution in [2.45, 2.75) is 52.3 Å². The van der Waals surface area contributed by atoms with Crippen molar-refractivity contribution in [2.75, 3.05) is 27.9 Å². The lowest BCUT2D eigenvalue weighted by molar-refractivity contribution is 0.0227. The Balaban J connectivity index is 1.60. The number of hydrogen-bond acceptors (Lipinski definition) is 8. The van der Waals surface area contributed by atoms with Gasteiger partial charge in [-0.15, -0.1) is 11.3 Å². The highest BCUT2D eigenvalue weighted by Gasteiger charge is 2.29. The van der Waals surface area contributed by atoms with Crippen LogP contribution in [0.3, 0.4) is 0 Å². The van der Waals surface area contributed by atoms with Crippen LogP contribution in [0.2, 0.25) is 0 Å². The zero-order valence-electron chi connectivity index (χ0n) is 21.0. The second-order valence-corrected chi connectivity index (χ2v) is 10.4. The Morgan fingerprint density at radius 3 is 2.40 bits per heavy atom. The summed E-state index contributed by atoms with van der Waals surface area (Å²) in [4.78, 5) is 33.9. The Morgan fingerprint density at radius 2 is 1.80 bits per heavy atom. The summed E-state index contributed by atoms with van der Waals surface area (Å²) in [6, 6.07) is 3.60. The summed E-state index contributed by atoms with van der Waals surface area (Å²) in [6.07, 6.45) is 2.35. The molecule has 3 heterocycles. The van der Waals surface area contributed by atoms with Crippen LogP contribution in [0.25, 0.3) is 10.2 Å². The topological polar surface area (TPSA) is 92.1 Å². The molecule has 0 spiro atoms. The summed E-state index contributed by atoms with van der Waals surface area (Å²) in [5.41, 5.74) is 1.20. The first-order chi connectivity index (χ1) is 16.6. The van der Waals surface area contributed by atoms with Gasteiger partial charge in [0, 0.05) is 35.7 Å². The standard InChI is InChI=1S/C25H31N3O6S/c1-25(2,3)34-24(30)27-9-8-17-20(13-27)35-22-21(17)23(29)28(14-26-22)10-7-16-18(32-5)11-15(31-4)12-19(16)33-6/h11-12,14H,7-10,13H2,1-6H3. The number of nitrogens with zero attached hydrogens (tertiary/aromatic N) is 3. The van der Waals surface area contributed by atoms with E-state index in [1.807, 2.05) is 20.8 Å². The van der Waals surface area contributed by atoms with E-state index in [2.05, 4.69) is 4.98 Å². The van der Waals surface area contributed by atoms with Crippen LogP contribution in [0.1, 0.15) is 36.8 Å². The maximum absolute atomic E-state index is 13.4. The number of aromatic nitrogens is 2. The van der Waals surface area contributed by atoms with E-state index in [1.165, 1.54) is 11.3 Å². The SMILES string of the molecule is COc1cc(OC)c(CCn2cnc3sc4c(c3c2=O)CCN(C(=O)OC(C)(C)C)C4)c(OC)c1. The molecular weight excluding hydrogens is 470 g/mol. The fraction of sp³-hybridized carbons (Fsp3) is 0.480. The summed E-state index contributed by atoms with van der Waals surface area (Å²) in [5, 5.41) is 0.644. The fourth-order valence-electron chi connectivity index (χ4n) is 4.22. The molecule has 0 bridgehead atoms. The van der Waals surface area contributed by atoms with Gasteiger partial charge in [-0.25, -0.2) is 9.78 Å². The lowest BCUT2D eigenvalue weighted by atomic mass is 10.1. The van der Waals surface area contributed by atoms with Crippen molar-refractivity contribution in [3.8, 4) is 17.2 Å². The zero-order chi connectivity index (χ0) is 25.3. The van der Waals surface area contributed by atoms with Crippen LogP contribution in [0.4, 0.5) is 4.79 Å². The van der Waals surface area contributed by atoms with Gasteiger partial charge in [-0.05, 0) is 39.2 Å². The minimum atomic E-state index is -0.554. The maximum atomic E-state index is 13.4. The molecule has 1 aliphatic heterocycles. The Morgan fingerprint density at radius 1 is 1.11 bits per heavy atom. The van der Waals surface area contributed by atoms with Gasteiger partial charge in [0.25, 0.3) is 5.56 Å². The van der Waals surface area contributed by atoms with E-state index in [-0.39, 0.29) is 11.7 Å². The number of thiophene rings is 1. The number of fused-ring (bicyclic) bond motifs is 3. The molecule has 0 saturated heterocycles. The van der Waals surface area contributed by atoms with Crippen molar-refractivity contribution in [1.82, 2.24) is 14.5 Å². The van der Waals surface area contributed by atoms with Gasteiger partial charge in [0.05, 0.1) is 39.6 Å². The van der Waals surface area contributed by atoms with Crippen molar-refractivity contribution in [3.05, 3.63) is 44.8 Å². The average molecular weight is 502 g/mol. The highest BCUT2D eigenvalue weighted by Crippen LogP contribution is 2.35. The summed E-state index contributed by atoms with van der Waals surface area (Å²) in [7, 11) is 4.77. The van der Waals surface area contributed by atoms with Gasteiger partial charge in [0.15, 0.2) is 0 Å². The summed E-state index contributed by atoms with van der Waals surface area (Å²) >= 11 is 1.46. The van der Waals surface area contributed by atoms with E-state index < -0.39 is 5.60 Å². The number of carbonyl (C=O) groups is 1. The molecule has 188 valence electrons. The van der Waals surface area contributed by atoms with E-state index in [0.717, 1.165) is 16.0 Å². The van der Waals surface area contributed by atoms with Crippen molar-refractivity contribution in [1.29, 1.82) is 0 Å². The number of ether oxygens (including phenoxy) is 4. The average Bonchev–Trinajstić information content (AvgIpc) is 3.20. The summed E-state index contributed by atoms with van der Waals surface area (Å²) in [6.45, 7) is 6.89. The van der Waals surface area contributed by atoms with Crippen LogP contribution in [-0.4, -0.2) is 54.0 Å². The van der Waals surface area contributed by atoms with E-state index in [0.29, 0.717) is 59.9 Å². The lowest BCUT2D eigenvalue weighted by Gasteiger charge is -2.29. The van der Waals surface area contributed by atoms with E-state index in [9.17, 15) is 9.59 Å². The molecule has 0 saturated carbocycles. The molecule has 4 rings (SSSR count). The van der Waals surface area contributed by atoms with Crippen molar-refractivity contribution in [2.24, 2.45) is 0 Å². The second kappa shape index (κ2) is 9.77. The number of carbonyl (C=O) groups excluding carboxylic acids is 1. The Hall–Kier alpha value is -3.27. The highest BCUT2D eigenvalue weighted by molar-refractivity contribution is 7.18. The molecule has 0 unspecified atom stereocenters. The lowest BCUT2D eigenvalue weighted by Crippen LogP contribution is -2.39. The van der Waals surface area contributed by atoms with Crippen LogP contribution in [-0.2, 0) is 30.7 Å². The molecule has 10 heteroatoms. The smallest absolute Gasteiger partial charge is 0.410 e. The molecule has 1 aliphatic rings. The van der Waals surface area contributed by atoms with Gasteiger partial charge >= 0.3 is 6.09 Å². The van der Waals surface area contributed by atoms with Crippen LogP contribution < -0.4 is 19.8 Å². The number of rotatable bonds is 6.